The predicted octanol–water partition coefficient (Wildman–Crippen LogP) is 2.05. The predicted molar refractivity (Wildman–Crippen MR) is 88.5 cm³/mol. The van der Waals surface area contributed by atoms with Crippen LogP contribution in [0.25, 0.3) is 5.78 Å². The molecule has 0 saturated carbocycles. The molecule has 7 heteroatoms. The van der Waals surface area contributed by atoms with Crippen LogP contribution in [-0.2, 0) is 11.2 Å². The zero-order valence-corrected chi connectivity index (χ0v) is 13.1. The van der Waals surface area contributed by atoms with E-state index in [1.54, 1.807) is 4.52 Å². The molecule has 0 saturated heterocycles. The van der Waals surface area contributed by atoms with Crippen LogP contribution >= 0.6 is 0 Å². The fraction of sp³-hybridized carbons (Fsp3) is 0.250. The Morgan fingerprint density at radius 3 is 2.78 bits per heavy atom. The number of fused-ring (bicyclic) bond motifs is 1. The first-order valence-corrected chi connectivity index (χ1v) is 7.39. The second kappa shape index (κ2) is 6.43. The van der Waals surface area contributed by atoms with E-state index in [-0.39, 0.29) is 5.91 Å². The Hall–Kier alpha value is -2.96. The van der Waals surface area contributed by atoms with Crippen LogP contribution in [0.15, 0.2) is 36.7 Å². The van der Waals surface area contributed by atoms with Crippen LogP contribution in [0.4, 0.5) is 11.5 Å². The van der Waals surface area contributed by atoms with Gasteiger partial charge in [-0.25, -0.2) is 4.98 Å². The normalized spacial score (nSPS) is 10.7. The van der Waals surface area contributed by atoms with Crippen molar-refractivity contribution >= 4 is 23.2 Å². The van der Waals surface area contributed by atoms with E-state index in [2.05, 4.69) is 25.7 Å². The molecule has 3 aromatic rings. The molecule has 3 rings (SSSR count). The largest absolute Gasteiger partial charge is 0.370 e. The second-order valence-electron chi connectivity index (χ2n) is 5.31. The number of rotatable bonds is 5. The van der Waals surface area contributed by atoms with E-state index in [4.69, 9.17) is 0 Å². The van der Waals surface area contributed by atoms with Gasteiger partial charge in [0.05, 0.1) is 0 Å². The zero-order valence-electron chi connectivity index (χ0n) is 13.1. The van der Waals surface area contributed by atoms with Crippen LogP contribution in [-0.4, -0.2) is 32.0 Å². The molecule has 1 aromatic carbocycles. The maximum Gasteiger partial charge on any atom is 0.254 e. The summed E-state index contributed by atoms with van der Waals surface area (Å²) in [4.78, 5) is 19.4. The summed E-state index contributed by atoms with van der Waals surface area (Å²) in [6, 6.07) is 9.78. The lowest BCUT2D eigenvalue weighted by Gasteiger charge is -2.09. The van der Waals surface area contributed by atoms with Gasteiger partial charge in [-0.15, -0.1) is 0 Å². The summed E-state index contributed by atoms with van der Waals surface area (Å²) in [5, 5.41) is 10.3. The van der Waals surface area contributed by atoms with E-state index in [1.807, 2.05) is 37.3 Å². The molecule has 0 fully saturated rings. The summed E-state index contributed by atoms with van der Waals surface area (Å²) < 4.78 is 1.69. The molecular formula is C16H18N6O. The molecule has 0 atom stereocenters. The monoisotopic (exact) mass is 310 g/mol. The molecule has 118 valence electrons. The Morgan fingerprint density at radius 2 is 2.04 bits per heavy atom. The molecule has 23 heavy (non-hydrogen) atoms. The van der Waals surface area contributed by atoms with E-state index in [9.17, 15) is 4.79 Å². The Kier molecular flexibility index (Phi) is 4.18. The summed E-state index contributed by atoms with van der Waals surface area (Å²) in [5.74, 6) is 1.40. The average Bonchev–Trinajstić information content (AvgIpc) is 2.96. The molecule has 2 aromatic heterocycles. The lowest BCUT2D eigenvalue weighted by atomic mass is 10.1. The topological polar surface area (TPSA) is 84.2 Å². The molecule has 0 aliphatic carbocycles. The van der Waals surface area contributed by atoms with E-state index < -0.39 is 0 Å². The molecule has 0 radical (unpaired) electrons. The van der Waals surface area contributed by atoms with Crippen LogP contribution in [0.5, 0.6) is 0 Å². The molecular weight excluding hydrogens is 292 g/mol. The number of hydrogen-bond donors (Lipinski definition) is 2. The minimum atomic E-state index is -0.0654. The highest BCUT2D eigenvalue weighted by Gasteiger charge is 2.05. The van der Waals surface area contributed by atoms with Gasteiger partial charge in [0.2, 0.25) is 5.91 Å². The van der Waals surface area contributed by atoms with Gasteiger partial charge in [0.1, 0.15) is 12.1 Å². The van der Waals surface area contributed by atoms with Crippen molar-refractivity contribution in [2.24, 2.45) is 0 Å². The fourth-order valence-electron chi connectivity index (χ4n) is 2.35. The van der Waals surface area contributed by atoms with Crippen LogP contribution in [0.2, 0.25) is 0 Å². The van der Waals surface area contributed by atoms with Gasteiger partial charge in [-0.3, -0.25) is 4.79 Å². The fourth-order valence-corrected chi connectivity index (χ4v) is 2.35. The Morgan fingerprint density at radius 1 is 1.26 bits per heavy atom. The highest BCUT2D eigenvalue weighted by atomic mass is 16.1. The number of anilines is 2. The van der Waals surface area contributed by atoms with Gasteiger partial charge in [-0.2, -0.15) is 14.6 Å². The van der Waals surface area contributed by atoms with Crippen LogP contribution in [0.3, 0.4) is 0 Å². The number of amides is 1. The van der Waals surface area contributed by atoms with E-state index in [1.165, 1.54) is 18.8 Å². The lowest BCUT2D eigenvalue weighted by Crippen LogP contribution is -2.10. The van der Waals surface area contributed by atoms with Crippen molar-refractivity contribution in [1.29, 1.82) is 0 Å². The first kappa shape index (κ1) is 15.0. The number of carbonyl (C=O) groups excluding carboxylic acids is 1. The number of benzene rings is 1. The third-order valence-electron chi connectivity index (χ3n) is 3.37. The summed E-state index contributed by atoms with van der Waals surface area (Å²) >= 11 is 0. The van der Waals surface area contributed by atoms with Gasteiger partial charge in [0.15, 0.2) is 0 Å². The molecule has 0 aliphatic heterocycles. The van der Waals surface area contributed by atoms with Gasteiger partial charge in [0, 0.05) is 30.9 Å². The van der Waals surface area contributed by atoms with Crippen LogP contribution < -0.4 is 10.6 Å². The number of aromatic nitrogens is 4. The van der Waals surface area contributed by atoms with Crippen molar-refractivity contribution in [3.05, 3.63) is 47.9 Å². The van der Waals surface area contributed by atoms with E-state index in [0.717, 1.165) is 30.2 Å². The first-order valence-electron chi connectivity index (χ1n) is 7.39. The van der Waals surface area contributed by atoms with Crippen molar-refractivity contribution in [3.63, 3.8) is 0 Å². The van der Waals surface area contributed by atoms with Gasteiger partial charge in [-0.1, -0.05) is 12.1 Å². The molecule has 0 aliphatic rings. The number of nitrogens with zero attached hydrogens (tertiary/aromatic N) is 4. The number of carbonyl (C=O) groups is 1. The molecule has 1 amide bonds. The minimum Gasteiger partial charge on any atom is -0.370 e. The number of aryl methyl sites for hydroxylation is 1. The molecule has 0 bridgehead atoms. The maximum atomic E-state index is 11.0. The molecule has 0 unspecified atom stereocenters. The summed E-state index contributed by atoms with van der Waals surface area (Å²) in [6.45, 7) is 4.19. The van der Waals surface area contributed by atoms with Crippen molar-refractivity contribution < 1.29 is 4.79 Å². The summed E-state index contributed by atoms with van der Waals surface area (Å²) in [5.41, 5.74) is 2.89. The zero-order chi connectivity index (χ0) is 16.2. The van der Waals surface area contributed by atoms with E-state index >= 15 is 0 Å². The highest BCUT2D eigenvalue weighted by Crippen LogP contribution is 2.12. The third-order valence-corrected chi connectivity index (χ3v) is 3.37. The average molecular weight is 310 g/mol. The Balaban J connectivity index is 1.62. The number of hydrogen-bond acceptors (Lipinski definition) is 5. The maximum absolute atomic E-state index is 11.0. The smallest absolute Gasteiger partial charge is 0.254 e. The van der Waals surface area contributed by atoms with Gasteiger partial charge >= 0.3 is 0 Å². The second-order valence-corrected chi connectivity index (χ2v) is 5.31. The Bertz CT molecular complexity index is 824. The minimum absolute atomic E-state index is 0.0654. The van der Waals surface area contributed by atoms with Crippen molar-refractivity contribution in [3.8, 4) is 0 Å². The van der Waals surface area contributed by atoms with Crippen molar-refractivity contribution in [2.45, 2.75) is 20.3 Å². The Labute approximate surface area is 133 Å². The van der Waals surface area contributed by atoms with E-state index in [0.29, 0.717) is 5.78 Å². The van der Waals surface area contributed by atoms with Gasteiger partial charge in [0.25, 0.3) is 5.78 Å². The molecule has 0 spiro atoms. The quantitative estimate of drug-likeness (QED) is 0.753. The summed E-state index contributed by atoms with van der Waals surface area (Å²) in [6.07, 6.45) is 2.35. The van der Waals surface area contributed by atoms with Crippen molar-refractivity contribution in [1.82, 2.24) is 19.6 Å². The summed E-state index contributed by atoms with van der Waals surface area (Å²) in [7, 11) is 0. The standard InChI is InChI=1S/C16H18N6O/c1-11-9-15(22-16(20-11)18-10-19-22)17-8-7-13-3-5-14(6-4-13)21-12(2)23/h3-6,9-10,17H,7-8H2,1-2H3,(H,21,23). The SMILES string of the molecule is CC(=O)Nc1ccc(CCNc2cc(C)nc3ncnn23)cc1. The first-order chi connectivity index (χ1) is 11.1. The van der Waals surface area contributed by atoms with Crippen LogP contribution in [0, 0.1) is 6.92 Å². The highest BCUT2D eigenvalue weighted by molar-refractivity contribution is 5.88. The third kappa shape index (κ3) is 3.63. The van der Waals surface area contributed by atoms with Crippen LogP contribution in [0.1, 0.15) is 18.2 Å². The lowest BCUT2D eigenvalue weighted by molar-refractivity contribution is -0.114. The molecule has 2 N–H and O–H groups in total. The van der Waals surface area contributed by atoms with Gasteiger partial charge in [-0.05, 0) is 31.0 Å². The van der Waals surface area contributed by atoms with Crippen molar-refractivity contribution in [2.75, 3.05) is 17.2 Å². The molecule has 2 heterocycles. The number of nitrogens with one attached hydrogen (secondary N) is 2. The van der Waals surface area contributed by atoms with Gasteiger partial charge < -0.3 is 10.6 Å². The molecule has 7 nitrogen and oxygen atoms in total.